The van der Waals surface area contributed by atoms with E-state index in [-0.39, 0.29) is 196 Å². The monoisotopic (exact) mass is 714 g/mol. The molecule has 0 unspecified atom stereocenters. The quantitative estimate of drug-likeness (QED) is 0.397. The van der Waals surface area contributed by atoms with Crippen LogP contribution >= 0.6 is 0 Å². The van der Waals surface area contributed by atoms with Gasteiger partial charge in [0.1, 0.15) is 0 Å². The minimum Gasteiger partial charge on any atom is -0.226 e. The van der Waals surface area contributed by atoms with Crippen molar-refractivity contribution in [3.63, 3.8) is 0 Å². The van der Waals surface area contributed by atoms with Gasteiger partial charge in [-0.2, -0.15) is 48.5 Å². The summed E-state index contributed by atoms with van der Waals surface area (Å²) in [6, 6.07) is 18.8. The van der Waals surface area contributed by atoms with E-state index in [1.54, 1.807) is 0 Å². The molecule has 2 aromatic rings. The first kappa shape index (κ1) is 36.1. The van der Waals surface area contributed by atoms with E-state index in [1.807, 2.05) is 12.1 Å². The van der Waals surface area contributed by atoms with Crippen LogP contribution in [0, 0.1) is 26.0 Å². The Labute approximate surface area is 274 Å². The van der Waals surface area contributed by atoms with Gasteiger partial charge in [-0.05, 0) is 0 Å². The molecule has 0 aliphatic carbocycles. The standard InChI is InChI=1S/C14H12.6Y/c1-11-3-7-13(8-4-11)14-9-5-12(2)6-10-14;;;;;;/h3-7,9H,1-2H3;;;;;;/q-2;;;;;;. The minimum atomic E-state index is 0. The summed E-state index contributed by atoms with van der Waals surface area (Å²) in [6.45, 7) is 4.14. The molecule has 0 aliphatic rings. The van der Waals surface area contributed by atoms with Gasteiger partial charge in [0.05, 0.1) is 0 Å². The Hall–Kier alpha value is 5.06. The summed E-state index contributed by atoms with van der Waals surface area (Å²) in [5.74, 6) is 0. The van der Waals surface area contributed by atoms with Crippen LogP contribution < -0.4 is 0 Å². The fourth-order valence-corrected chi connectivity index (χ4v) is 1.34. The van der Waals surface area contributed by atoms with E-state index in [1.165, 1.54) is 11.1 Å². The summed E-state index contributed by atoms with van der Waals surface area (Å²) < 4.78 is 0. The Morgan fingerprint density at radius 3 is 1.05 bits per heavy atom. The first-order valence-corrected chi connectivity index (χ1v) is 4.73. The van der Waals surface area contributed by atoms with Crippen molar-refractivity contribution in [3.05, 3.63) is 59.7 Å². The largest absolute Gasteiger partial charge is 0.226 e. The Morgan fingerprint density at radius 2 is 0.850 bits per heavy atom. The average molecular weight is 714 g/mol. The molecule has 20 heavy (non-hydrogen) atoms. The maximum absolute atomic E-state index is 3.24. The molecular weight excluding hydrogens is 702 g/mol. The Morgan fingerprint density at radius 1 is 0.550 bits per heavy atom. The zero-order chi connectivity index (χ0) is 9.97. The smallest absolute Gasteiger partial charge is 0 e. The maximum atomic E-state index is 3.24. The van der Waals surface area contributed by atoms with E-state index in [0.29, 0.717) is 0 Å². The van der Waals surface area contributed by atoms with E-state index >= 15 is 0 Å². The van der Waals surface area contributed by atoms with Gasteiger partial charge in [0.2, 0.25) is 0 Å². The molecule has 0 atom stereocenters. The molecule has 0 aromatic heterocycles. The third-order valence-corrected chi connectivity index (χ3v) is 2.23. The Bertz CT molecular complexity index is 381. The van der Waals surface area contributed by atoms with Gasteiger partial charge in [0.15, 0.2) is 0 Å². The summed E-state index contributed by atoms with van der Waals surface area (Å²) in [7, 11) is 0. The third-order valence-electron chi connectivity index (χ3n) is 2.23. The molecule has 2 aromatic carbocycles. The van der Waals surface area contributed by atoms with Crippen LogP contribution in [0.1, 0.15) is 11.1 Å². The molecule has 6 radical (unpaired) electrons. The molecule has 0 fully saturated rings. The predicted molar refractivity (Wildman–Crippen MR) is 59.0 cm³/mol. The molecule has 0 amide bonds. The van der Waals surface area contributed by atoms with Crippen molar-refractivity contribution in [2.24, 2.45) is 0 Å². The molecule has 0 N–H and O–H groups in total. The van der Waals surface area contributed by atoms with Crippen LogP contribution in [0.4, 0.5) is 0 Å². The van der Waals surface area contributed by atoms with Crippen molar-refractivity contribution >= 4 is 0 Å². The maximum Gasteiger partial charge on any atom is 0 e. The van der Waals surface area contributed by atoms with E-state index in [2.05, 4.69) is 50.2 Å². The molecule has 88 valence electrons. The van der Waals surface area contributed by atoms with E-state index in [4.69, 9.17) is 0 Å². The SMILES string of the molecule is Cc1c[c-]c(-c2[c-]cc(C)cc2)cc1.[Y].[Y].[Y].[Y].[Y].[Y]. The minimum absolute atomic E-state index is 0. The van der Waals surface area contributed by atoms with Crippen LogP contribution in [0.15, 0.2) is 36.4 Å². The van der Waals surface area contributed by atoms with Crippen LogP contribution in [-0.2, 0) is 196 Å². The molecule has 6 heteroatoms. The summed E-state index contributed by atoms with van der Waals surface area (Å²) in [5, 5.41) is 0. The Balaban J connectivity index is -0.000000125. The first-order chi connectivity index (χ1) is 6.75. The summed E-state index contributed by atoms with van der Waals surface area (Å²) in [5.41, 5.74) is 4.69. The Kier molecular flexibility index (Phi) is 36.7. The predicted octanol–water partition coefficient (Wildman–Crippen LogP) is 3.56. The molecule has 0 heterocycles. The second kappa shape index (κ2) is 20.4. The zero-order valence-corrected chi connectivity index (χ0v) is 29.0. The molecule has 2 rings (SSSR count). The van der Waals surface area contributed by atoms with Crippen LogP contribution in [0.3, 0.4) is 0 Å². The van der Waals surface area contributed by atoms with Crippen molar-refractivity contribution in [3.8, 4) is 11.1 Å². The molecule has 0 saturated carbocycles. The normalized spacial score (nSPS) is 7.10. The first-order valence-electron chi connectivity index (χ1n) is 4.73. The summed E-state index contributed by atoms with van der Waals surface area (Å²) in [4.78, 5) is 0. The average Bonchev–Trinajstić information content (AvgIpc) is 2.21. The summed E-state index contributed by atoms with van der Waals surface area (Å²) in [6.07, 6.45) is 0. The molecule has 0 spiro atoms. The second-order valence-corrected chi connectivity index (χ2v) is 3.56. The molecular formula is C14H12Y6-2. The zero-order valence-electron chi connectivity index (χ0n) is 11.9. The summed E-state index contributed by atoms with van der Waals surface area (Å²) >= 11 is 0. The number of benzene rings is 2. The molecule has 0 nitrogen and oxygen atoms in total. The number of hydrogen-bond donors (Lipinski definition) is 0. The molecule has 0 bridgehead atoms. The van der Waals surface area contributed by atoms with Crippen molar-refractivity contribution in [2.45, 2.75) is 13.8 Å². The fourth-order valence-electron chi connectivity index (χ4n) is 1.34. The van der Waals surface area contributed by atoms with Gasteiger partial charge >= 0.3 is 0 Å². The third kappa shape index (κ3) is 13.3. The van der Waals surface area contributed by atoms with Crippen LogP contribution in [0.2, 0.25) is 0 Å². The molecule has 0 aliphatic heterocycles. The fraction of sp³-hybridized carbons (Fsp3) is 0.143. The second-order valence-electron chi connectivity index (χ2n) is 3.56. The van der Waals surface area contributed by atoms with E-state index < -0.39 is 0 Å². The number of rotatable bonds is 1. The van der Waals surface area contributed by atoms with Gasteiger partial charge < -0.3 is 0 Å². The van der Waals surface area contributed by atoms with E-state index in [9.17, 15) is 0 Å². The number of hydrogen-bond acceptors (Lipinski definition) is 0. The van der Waals surface area contributed by atoms with Gasteiger partial charge in [0.25, 0.3) is 0 Å². The molecule has 0 saturated heterocycles. The van der Waals surface area contributed by atoms with Crippen LogP contribution in [0.25, 0.3) is 11.1 Å². The topological polar surface area (TPSA) is 0 Å². The van der Waals surface area contributed by atoms with Crippen LogP contribution in [0.5, 0.6) is 0 Å². The van der Waals surface area contributed by atoms with Crippen molar-refractivity contribution < 1.29 is 196 Å². The van der Waals surface area contributed by atoms with Crippen molar-refractivity contribution in [1.29, 1.82) is 0 Å². The van der Waals surface area contributed by atoms with Gasteiger partial charge in [-0.1, -0.05) is 13.8 Å². The van der Waals surface area contributed by atoms with Crippen molar-refractivity contribution in [2.75, 3.05) is 0 Å². The van der Waals surface area contributed by atoms with Gasteiger partial charge in [-0.25, -0.2) is 11.1 Å². The van der Waals surface area contributed by atoms with Gasteiger partial charge in [-0.3, -0.25) is 0 Å². The van der Waals surface area contributed by atoms with Gasteiger partial charge in [-0.15, -0.1) is 11.1 Å². The van der Waals surface area contributed by atoms with Crippen LogP contribution in [-0.4, -0.2) is 0 Å². The van der Waals surface area contributed by atoms with Crippen molar-refractivity contribution in [1.82, 2.24) is 0 Å². The van der Waals surface area contributed by atoms with Gasteiger partial charge in [0, 0.05) is 196 Å². The van der Waals surface area contributed by atoms with E-state index in [0.717, 1.165) is 11.1 Å². The number of aryl methyl sites for hydroxylation is 2.